The van der Waals surface area contributed by atoms with Crippen molar-refractivity contribution in [3.05, 3.63) is 29.8 Å². The van der Waals surface area contributed by atoms with Crippen LogP contribution in [0.4, 0.5) is 5.69 Å². The molecule has 0 unspecified atom stereocenters. The lowest BCUT2D eigenvalue weighted by Crippen LogP contribution is -2.34. The molecule has 0 bridgehead atoms. The highest BCUT2D eigenvalue weighted by Crippen LogP contribution is 2.11. The van der Waals surface area contributed by atoms with Gasteiger partial charge in [-0.05, 0) is 31.2 Å². The Morgan fingerprint density at radius 1 is 1.12 bits per heavy atom. The molecule has 1 rings (SSSR count). The number of methoxy groups -OCH3 is 1. The van der Waals surface area contributed by atoms with E-state index < -0.39 is 5.97 Å². The van der Waals surface area contributed by atoms with Gasteiger partial charge in [0.15, 0.2) is 0 Å². The molecule has 7 nitrogen and oxygen atoms in total. The molecule has 2 amide bonds. The van der Waals surface area contributed by atoms with Crippen LogP contribution in [0.5, 0.6) is 0 Å². The summed E-state index contributed by atoms with van der Waals surface area (Å²) in [5.41, 5.74) is 1.01. The highest BCUT2D eigenvalue weighted by atomic mass is 16.5. The van der Waals surface area contributed by atoms with E-state index >= 15 is 0 Å². The maximum absolute atomic E-state index is 12.0. The summed E-state index contributed by atoms with van der Waals surface area (Å²) in [6.07, 6.45) is 0.183. The van der Waals surface area contributed by atoms with Gasteiger partial charge in [-0.25, -0.2) is 4.79 Å². The van der Waals surface area contributed by atoms with Gasteiger partial charge in [-0.3, -0.25) is 9.59 Å². The molecule has 1 aromatic carbocycles. The molecule has 1 N–H and O–H groups in total. The van der Waals surface area contributed by atoms with Crippen molar-refractivity contribution in [2.75, 3.05) is 38.7 Å². The Hall–Kier alpha value is -2.41. The van der Waals surface area contributed by atoms with E-state index in [0.717, 1.165) is 0 Å². The number of nitrogens with one attached hydrogen (secondary N) is 1. The topological polar surface area (TPSA) is 84.9 Å². The number of rotatable bonds is 9. The minimum Gasteiger partial charge on any atom is -0.462 e. The number of ether oxygens (including phenoxy) is 2. The Bertz CT molecular complexity index is 557. The van der Waals surface area contributed by atoms with Crippen LogP contribution in [0.3, 0.4) is 0 Å². The van der Waals surface area contributed by atoms with Crippen LogP contribution in [0.2, 0.25) is 0 Å². The van der Waals surface area contributed by atoms with Gasteiger partial charge in [-0.15, -0.1) is 0 Å². The number of nitrogens with zero attached hydrogens (tertiary/aromatic N) is 1. The van der Waals surface area contributed by atoms with Crippen molar-refractivity contribution in [2.45, 2.75) is 20.3 Å². The van der Waals surface area contributed by atoms with Crippen molar-refractivity contribution >= 4 is 23.5 Å². The van der Waals surface area contributed by atoms with E-state index in [9.17, 15) is 14.4 Å². The molecule has 0 heterocycles. The summed E-state index contributed by atoms with van der Waals surface area (Å²) in [5, 5.41) is 2.73. The van der Waals surface area contributed by atoms with Gasteiger partial charge in [-0.2, -0.15) is 0 Å². The smallest absolute Gasteiger partial charge is 0.338 e. The molecule has 132 valence electrons. The molecule has 0 aliphatic carbocycles. The quantitative estimate of drug-likeness (QED) is 0.694. The second kappa shape index (κ2) is 10.4. The number of anilines is 1. The lowest BCUT2D eigenvalue weighted by Gasteiger charge is -2.20. The minimum atomic E-state index is -0.398. The first-order valence-electron chi connectivity index (χ1n) is 7.79. The van der Waals surface area contributed by atoms with E-state index in [2.05, 4.69) is 5.32 Å². The third-order valence-electron chi connectivity index (χ3n) is 3.30. The van der Waals surface area contributed by atoms with Crippen molar-refractivity contribution < 1.29 is 23.9 Å². The Morgan fingerprint density at radius 2 is 1.79 bits per heavy atom. The molecule has 0 aliphatic heterocycles. The predicted molar refractivity (Wildman–Crippen MR) is 89.8 cm³/mol. The first kappa shape index (κ1) is 19.6. The predicted octanol–water partition coefficient (Wildman–Crippen LogP) is 1.69. The molecule has 24 heavy (non-hydrogen) atoms. The average molecular weight is 336 g/mol. The second-order valence-corrected chi connectivity index (χ2v) is 5.09. The zero-order valence-electron chi connectivity index (χ0n) is 14.3. The highest BCUT2D eigenvalue weighted by Gasteiger charge is 2.11. The summed E-state index contributed by atoms with van der Waals surface area (Å²) in [6.45, 7) is 4.72. The monoisotopic (exact) mass is 336 g/mol. The van der Waals surface area contributed by atoms with E-state index in [4.69, 9.17) is 9.47 Å². The first-order chi connectivity index (χ1) is 11.5. The Balaban J connectivity index is 2.49. The maximum Gasteiger partial charge on any atom is 0.338 e. The first-order valence-corrected chi connectivity index (χ1v) is 7.79. The van der Waals surface area contributed by atoms with Crippen LogP contribution in [-0.4, -0.2) is 56.1 Å². The zero-order chi connectivity index (χ0) is 17.9. The number of carbonyl (C=O) groups excluding carboxylic acids is 3. The van der Waals surface area contributed by atoms with Gasteiger partial charge in [0, 0.05) is 39.2 Å². The van der Waals surface area contributed by atoms with Crippen LogP contribution in [0.15, 0.2) is 24.3 Å². The van der Waals surface area contributed by atoms with Gasteiger partial charge in [0.05, 0.1) is 18.8 Å². The summed E-state index contributed by atoms with van der Waals surface area (Å²) in [4.78, 5) is 36.5. The zero-order valence-corrected chi connectivity index (χ0v) is 14.3. The molecular weight excluding hydrogens is 312 g/mol. The maximum atomic E-state index is 12.0. The molecule has 0 atom stereocenters. The average Bonchev–Trinajstić information content (AvgIpc) is 2.55. The summed E-state index contributed by atoms with van der Waals surface area (Å²) in [5.74, 6) is -0.702. The van der Waals surface area contributed by atoms with Crippen molar-refractivity contribution in [2.24, 2.45) is 0 Å². The van der Waals surface area contributed by atoms with Crippen molar-refractivity contribution in [1.29, 1.82) is 0 Å². The fourth-order valence-electron chi connectivity index (χ4n) is 1.99. The van der Waals surface area contributed by atoms with Gasteiger partial charge in [-0.1, -0.05) is 0 Å². The van der Waals surface area contributed by atoms with Crippen molar-refractivity contribution in [1.82, 2.24) is 4.90 Å². The molecule has 7 heteroatoms. The highest BCUT2D eigenvalue weighted by molar-refractivity contribution is 5.93. The lowest BCUT2D eigenvalue weighted by atomic mass is 10.2. The molecule has 0 aromatic heterocycles. The molecule has 1 aromatic rings. The number of hydrogen-bond acceptors (Lipinski definition) is 5. The fraction of sp³-hybridized carbons (Fsp3) is 0.471. The van der Waals surface area contributed by atoms with Crippen LogP contribution in [0, 0.1) is 0 Å². The molecule has 0 spiro atoms. The Kier molecular flexibility index (Phi) is 8.49. The van der Waals surface area contributed by atoms with Crippen LogP contribution in [0.1, 0.15) is 30.6 Å². The van der Waals surface area contributed by atoms with Gasteiger partial charge in [0.2, 0.25) is 11.8 Å². The van der Waals surface area contributed by atoms with E-state index in [-0.39, 0.29) is 18.2 Å². The third kappa shape index (κ3) is 6.78. The van der Waals surface area contributed by atoms with E-state index in [1.165, 1.54) is 6.92 Å². The molecule has 0 fully saturated rings. The Labute approximate surface area is 141 Å². The summed E-state index contributed by atoms with van der Waals surface area (Å²) < 4.78 is 9.84. The lowest BCUT2D eigenvalue weighted by molar-refractivity contribution is -0.130. The summed E-state index contributed by atoms with van der Waals surface area (Å²) in [7, 11) is 1.56. The van der Waals surface area contributed by atoms with Crippen LogP contribution in [0.25, 0.3) is 0 Å². The normalized spacial score (nSPS) is 10.1. The standard InChI is InChI=1S/C17H24N2O5/c1-4-24-17(22)14-5-7-15(8-6-14)18-16(21)9-10-19(13(2)20)11-12-23-3/h5-8H,4,9-12H2,1-3H3,(H,18,21). The van der Waals surface area contributed by atoms with Crippen LogP contribution < -0.4 is 5.32 Å². The van der Waals surface area contributed by atoms with Gasteiger partial charge < -0.3 is 19.7 Å². The molecule has 0 radical (unpaired) electrons. The number of amides is 2. The third-order valence-corrected chi connectivity index (χ3v) is 3.30. The molecule has 0 aliphatic rings. The van der Waals surface area contributed by atoms with Gasteiger partial charge in [0.1, 0.15) is 0 Å². The van der Waals surface area contributed by atoms with Gasteiger partial charge in [0.25, 0.3) is 0 Å². The minimum absolute atomic E-state index is 0.0985. The van der Waals surface area contributed by atoms with E-state index in [1.54, 1.807) is 43.2 Å². The summed E-state index contributed by atoms with van der Waals surface area (Å²) in [6, 6.07) is 6.46. The number of benzene rings is 1. The van der Waals surface area contributed by atoms with Crippen molar-refractivity contribution in [3.63, 3.8) is 0 Å². The molecular formula is C17H24N2O5. The summed E-state index contributed by atoms with van der Waals surface area (Å²) >= 11 is 0. The number of esters is 1. The van der Waals surface area contributed by atoms with E-state index in [1.807, 2.05) is 0 Å². The SMILES string of the molecule is CCOC(=O)c1ccc(NC(=O)CCN(CCOC)C(C)=O)cc1. The van der Waals surface area contributed by atoms with Gasteiger partial charge >= 0.3 is 5.97 Å². The van der Waals surface area contributed by atoms with Crippen molar-refractivity contribution in [3.8, 4) is 0 Å². The molecule has 0 saturated heterocycles. The van der Waals surface area contributed by atoms with Crippen LogP contribution >= 0.6 is 0 Å². The second-order valence-electron chi connectivity index (χ2n) is 5.09. The van der Waals surface area contributed by atoms with E-state index in [0.29, 0.717) is 37.6 Å². The number of carbonyl (C=O) groups is 3. The Morgan fingerprint density at radius 3 is 2.33 bits per heavy atom. The molecule has 0 saturated carbocycles. The largest absolute Gasteiger partial charge is 0.462 e. The fourth-order valence-corrected chi connectivity index (χ4v) is 1.99. The number of hydrogen-bond donors (Lipinski definition) is 1. The van der Waals surface area contributed by atoms with Crippen LogP contribution in [-0.2, 0) is 19.1 Å².